The average molecular weight is 280 g/mol. The lowest BCUT2D eigenvalue weighted by Gasteiger charge is -2.05. The summed E-state index contributed by atoms with van der Waals surface area (Å²) < 4.78 is 10.4. The number of anilines is 1. The molecule has 0 aliphatic heterocycles. The van der Waals surface area contributed by atoms with Gasteiger partial charge < -0.3 is 15.0 Å². The van der Waals surface area contributed by atoms with E-state index in [2.05, 4.69) is 11.2 Å². The third-order valence-corrected chi connectivity index (χ3v) is 3.39. The molecule has 4 heteroatoms. The summed E-state index contributed by atoms with van der Waals surface area (Å²) in [7, 11) is 1.64. The first-order valence-corrected chi connectivity index (χ1v) is 6.65. The highest BCUT2D eigenvalue weighted by Crippen LogP contribution is 2.36. The van der Waals surface area contributed by atoms with Crippen molar-refractivity contribution in [2.75, 3.05) is 12.8 Å². The van der Waals surface area contributed by atoms with E-state index in [9.17, 15) is 0 Å². The molecule has 3 aromatic rings. The van der Waals surface area contributed by atoms with Gasteiger partial charge in [0.25, 0.3) is 0 Å². The maximum absolute atomic E-state index is 5.96. The molecule has 21 heavy (non-hydrogen) atoms. The molecule has 3 rings (SSSR count). The lowest BCUT2D eigenvalue weighted by atomic mass is 9.99. The van der Waals surface area contributed by atoms with E-state index < -0.39 is 0 Å². The topological polar surface area (TPSA) is 61.3 Å². The van der Waals surface area contributed by atoms with Crippen LogP contribution in [0.2, 0.25) is 0 Å². The number of ether oxygens (including phenoxy) is 1. The van der Waals surface area contributed by atoms with Gasteiger partial charge in [-0.3, -0.25) is 0 Å². The third-order valence-electron chi connectivity index (χ3n) is 3.39. The first-order valence-electron chi connectivity index (χ1n) is 6.65. The number of nitrogen functional groups attached to an aromatic ring is 1. The SMILES string of the molecule is COc1ccc(-c2noc(N)c2-c2cccc(C)c2)cc1. The van der Waals surface area contributed by atoms with E-state index in [1.165, 1.54) is 0 Å². The van der Waals surface area contributed by atoms with Crippen molar-refractivity contribution in [1.29, 1.82) is 0 Å². The summed E-state index contributed by atoms with van der Waals surface area (Å²) in [5, 5.41) is 4.11. The highest BCUT2D eigenvalue weighted by molar-refractivity contribution is 5.87. The minimum absolute atomic E-state index is 0.325. The van der Waals surface area contributed by atoms with Gasteiger partial charge in [-0.25, -0.2) is 0 Å². The quantitative estimate of drug-likeness (QED) is 0.790. The molecule has 0 bridgehead atoms. The molecular weight excluding hydrogens is 264 g/mol. The molecule has 0 spiro atoms. The Kier molecular flexibility index (Phi) is 3.36. The van der Waals surface area contributed by atoms with Gasteiger partial charge in [0, 0.05) is 5.56 Å². The molecular formula is C17H16N2O2. The molecule has 1 heterocycles. The van der Waals surface area contributed by atoms with Crippen LogP contribution in [0.1, 0.15) is 5.56 Å². The zero-order valence-corrected chi connectivity index (χ0v) is 12.0. The molecule has 4 nitrogen and oxygen atoms in total. The molecule has 0 saturated heterocycles. The largest absolute Gasteiger partial charge is 0.497 e. The van der Waals surface area contributed by atoms with E-state index in [0.717, 1.165) is 33.7 Å². The van der Waals surface area contributed by atoms with Gasteiger partial charge in [0.2, 0.25) is 5.88 Å². The molecule has 2 N–H and O–H groups in total. The summed E-state index contributed by atoms with van der Waals surface area (Å²) in [6.45, 7) is 2.04. The number of rotatable bonds is 3. The van der Waals surface area contributed by atoms with Crippen LogP contribution >= 0.6 is 0 Å². The lowest BCUT2D eigenvalue weighted by Crippen LogP contribution is -1.89. The Morgan fingerprint density at radius 1 is 1.05 bits per heavy atom. The van der Waals surface area contributed by atoms with Crippen LogP contribution in [0.3, 0.4) is 0 Å². The third kappa shape index (κ3) is 2.48. The predicted molar refractivity (Wildman–Crippen MR) is 83.1 cm³/mol. The van der Waals surface area contributed by atoms with Gasteiger partial charge in [-0.2, -0.15) is 0 Å². The average Bonchev–Trinajstić information content (AvgIpc) is 2.89. The first-order chi connectivity index (χ1) is 10.2. The fraction of sp³-hybridized carbons (Fsp3) is 0.118. The van der Waals surface area contributed by atoms with Gasteiger partial charge in [-0.05, 0) is 36.8 Å². The summed E-state index contributed by atoms with van der Waals surface area (Å²) >= 11 is 0. The summed E-state index contributed by atoms with van der Waals surface area (Å²) in [5.41, 5.74) is 10.6. The van der Waals surface area contributed by atoms with Gasteiger partial charge in [-0.1, -0.05) is 35.0 Å². The number of aryl methyl sites for hydroxylation is 1. The Balaban J connectivity index is 2.12. The predicted octanol–water partition coefficient (Wildman–Crippen LogP) is 3.91. The Morgan fingerprint density at radius 3 is 2.48 bits per heavy atom. The number of hydrogen-bond acceptors (Lipinski definition) is 4. The molecule has 0 radical (unpaired) electrons. The fourth-order valence-corrected chi connectivity index (χ4v) is 2.33. The summed E-state index contributed by atoms with van der Waals surface area (Å²) in [6.07, 6.45) is 0. The van der Waals surface area contributed by atoms with Gasteiger partial charge >= 0.3 is 0 Å². The molecule has 0 fully saturated rings. The van der Waals surface area contributed by atoms with Crippen molar-refractivity contribution in [2.45, 2.75) is 6.92 Å². The van der Waals surface area contributed by atoms with Crippen molar-refractivity contribution in [3.05, 3.63) is 54.1 Å². The van der Waals surface area contributed by atoms with Crippen LogP contribution in [0.5, 0.6) is 5.75 Å². The van der Waals surface area contributed by atoms with Crippen LogP contribution < -0.4 is 10.5 Å². The highest BCUT2D eigenvalue weighted by Gasteiger charge is 2.17. The molecule has 0 atom stereocenters. The second kappa shape index (κ2) is 5.32. The Bertz CT molecular complexity index is 761. The van der Waals surface area contributed by atoms with Crippen molar-refractivity contribution in [3.63, 3.8) is 0 Å². The van der Waals surface area contributed by atoms with Gasteiger partial charge in [0.1, 0.15) is 11.4 Å². The minimum atomic E-state index is 0.325. The second-order valence-corrected chi connectivity index (χ2v) is 4.87. The number of benzene rings is 2. The van der Waals surface area contributed by atoms with Crippen molar-refractivity contribution in [2.24, 2.45) is 0 Å². The molecule has 0 amide bonds. The van der Waals surface area contributed by atoms with E-state index in [1.54, 1.807) is 7.11 Å². The maximum Gasteiger partial charge on any atom is 0.230 e. The molecule has 0 saturated carbocycles. The van der Waals surface area contributed by atoms with Gasteiger partial charge in [0.15, 0.2) is 0 Å². The highest BCUT2D eigenvalue weighted by atomic mass is 16.5. The molecule has 2 aromatic carbocycles. The summed E-state index contributed by atoms with van der Waals surface area (Å²) in [4.78, 5) is 0. The zero-order valence-electron chi connectivity index (χ0n) is 12.0. The molecule has 1 aromatic heterocycles. The number of nitrogens with zero attached hydrogens (tertiary/aromatic N) is 1. The first kappa shape index (κ1) is 13.2. The van der Waals surface area contributed by atoms with Gasteiger partial charge in [-0.15, -0.1) is 0 Å². The monoisotopic (exact) mass is 280 g/mol. The molecule has 0 aliphatic rings. The summed E-state index contributed by atoms with van der Waals surface area (Å²) in [5.74, 6) is 1.12. The molecule has 0 unspecified atom stereocenters. The number of methoxy groups -OCH3 is 1. The minimum Gasteiger partial charge on any atom is -0.497 e. The Morgan fingerprint density at radius 2 is 1.81 bits per heavy atom. The van der Waals surface area contributed by atoms with E-state index in [0.29, 0.717) is 5.88 Å². The fourth-order valence-electron chi connectivity index (χ4n) is 2.33. The van der Waals surface area contributed by atoms with Crippen LogP contribution in [0.15, 0.2) is 53.1 Å². The lowest BCUT2D eigenvalue weighted by molar-refractivity contribution is 0.415. The zero-order chi connectivity index (χ0) is 14.8. The van der Waals surface area contributed by atoms with Crippen LogP contribution in [-0.2, 0) is 0 Å². The van der Waals surface area contributed by atoms with E-state index in [4.69, 9.17) is 15.0 Å². The second-order valence-electron chi connectivity index (χ2n) is 4.87. The van der Waals surface area contributed by atoms with Crippen LogP contribution in [0, 0.1) is 6.92 Å². The number of nitrogens with two attached hydrogens (primary N) is 1. The Hall–Kier alpha value is -2.75. The maximum atomic E-state index is 5.96. The van der Waals surface area contributed by atoms with E-state index in [-0.39, 0.29) is 0 Å². The van der Waals surface area contributed by atoms with Gasteiger partial charge in [0.05, 0.1) is 12.7 Å². The van der Waals surface area contributed by atoms with E-state index in [1.807, 2.05) is 49.4 Å². The number of hydrogen-bond donors (Lipinski definition) is 1. The standard InChI is InChI=1S/C17H16N2O2/c1-11-4-3-5-13(10-11)15-16(19-21-17(15)18)12-6-8-14(20-2)9-7-12/h3-10H,18H2,1-2H3. The van der Waals surface area contributed by atoms with Crippen molar-refractivity contribution in [3.8, 4) is 28.1 Å². The van der Waals surface area contributed by atoms with Crippen molar-refractivity contribution >= 4 is 5.88 Å². The van der Waals surface area contributed by atoms with Crippen molar-refractivity contribution in [1.82, 2.24) is 5.16 Å². The van der Waals surface area contributed by atoms with Crippen LogP contribution in [0.25, 0.3) is 22.4 Å². The smallest absolute Gasteiger partial charge is 0.230 e. The molecule has 0 aliphatic carbocycles. The van der Waals surface area contributed by atoms with Crippen molar-refractivity contribution < 1.29 is 9.26 Å². The molecule has 106 valence electrons. The van der Waals surface area contributed by atoms with E-state index >= 15 is 0 Å². The van der Waals surface area contributed by atoms with Crippen LogP contribution in [-0.4, -0.2) is 12.3 Å². The number of aromatic nitrogens is 1. The Labute approximate surface area is 123 Å². The van der Waals surface area contributed by atoms with Crippen LogP contribution in [0.4, 0.5) is 5.88 Å². The summed E-state index contributed by atoms with van der Waals surface area (Å²) in [6, 6.07) is 15.8. The normalized spacial score (nSPS) is 10.6.